The third-order valence-corrected chi connectivity index (χ3v) is 1.62. The molecular formula is C9H11NO. The molecule has 0 aliphatic rings. The molecule has 2 nitrogen and oxygen atoms in total. The first kappa shape index (κ1) is 7.95. The van der Waals surface area contributed by atoms with Gasteiger partial charge >= 0.3 is 0 Å². The Morgan fingerprint density at radius 3 is 3.00 bits per heavy atom. The molecule has 2 heteroatoms. The number of pyridine rings is 1. The summed E-state index contributed by atoms with van der Waals surface area (Å²) in [5, 5.41) is 9.35. The zero-order valence-corrected chi connectivity index (χ0v) is 6.49. The molecule has 0 fully saturated rings. The molecule has 0 saturated heterocycles. The number of nitrogens with zero attached hydrogens (tertiary/aromatic N) is 1. The molecule has 1 N–H and O–H groups in total. The van der Waals surface area contributed by atoms with E-state index < -0.39 is 6.10 Å². The van der Waals surface area contributed by atoms with Gasteiger partial charge in [0.2, 0.25) is 0 Å². The molecule has 1 heterocycles. The summed E-state index contributed by atoms with van der Waals surface area (Å²) in [6.45, 7) is 5.43. The summed E-state index contributed by atoms with van der Waals surface area (Å²) >= 11 is 0. The lowest BCUT2D eigenvalue weighted by molar-refractivity contribution is 0.228. The highest BCUT2D eigenvalue weighted by atomic mass is 16.3. The fraction of sp³-hybridized carbons (Fsp3) is 0.222. The quantitative estimate of drug-likeness (QED) is 0.648. The number of hydrogen-bond donors (Lipinski definition) is 1. The molecule has 0 radical (unpaired) electrons. The molecule has 1 aromatic heterocycles. The average Bonchev–Trinajstić information content (AvgIpc) is 2.04. The molecule has 0 aliphatic carbocycles. The fourth-order valence-corrected chi connectivity index (χ4v) is 0.913. The topological polar surface area (TPSA) is 33.1 Å². The molecule has 0 amide bonds. The summed E-state index contributed by atoms with van der Waals surface area (Å²) in [6, 6.07) is 1.86. The molecule has 0 saturated carbocycles. The lowest BCUT2D eigenvalue weighted by atomic mass is 10.1. The van der Waals surface area contributed by atoms with E-state index in [1.807, 2.05) is 13.0 Å². The maximum atomic E-state index is 9.35. The lowest BCUT2D eigenvalue weighted by Crippen LogP contribution is -1.96. The van der Waals surface area contributed by atoms with Crippen molar-refractivity contribution in [1.29, 1.82) is 0 Å². The van der Waals surface area contributed by atoms with Gasteiger partial charge in [0.25, 0.3) is 0 Å². The molecule has 58 valence electrons. The largest absolute Gasteiger partial charge is 0.384 e. The zero-order valence-electron chi connectivity index (χ0n) is 6.49. The van der Waals surface area contributed by atoms with E-state index in [4.69, 9.17) is 0 Å². The summed E-state index contributed by atoms with van der Waals surface area (Å²) in [4.78, 5) is 3.91. The van der Waals surface area contributed by atoms with Gasteiger partial charge in [0.15, 0.2) is 0 Å². The Hall–Kier alpha value is -1.15. The average molecular weight is 149 g/mol. The first-order valence-corrected chi connectivity index (χ1v) is 3.47. The minimum absolute atomic E-state index is 0.594. The molecule has 0 aromatic carbocycles. The second kappa shape index (κ2) is 3.30. The smallest absolute Gasteiger partial charge is 0.0986 e. The first-order chi connectivity index (χ1) is 5.25. The van der Waals surface area contributed by atoms with Crippen LogP contribution in [0.3, 0.4) is 0 Å². The molecule has 0 spiro atoms. The van der Waals surface area contributed by atoms with Crippen molar-refractivity contribution < 1.29 is 5.11 Å². The zero-order chi connectivity index (χ0) is 8.27. The van der Waals surface area contributed by atoms with E-state index in [2.05, 4.69) is 11.6 Å². The van der Waals surface area contributed by atoms with E-state index in [1.165, 1.54) is 6.08 Å². The normalized spacial score (nSPS) is 12.5. The lowest BCUT2D eigenvalue weighted by Gasteiger charge is -2.06. The molecule has 1 atom stereocenters. The third-order valence-electron chi connectivity index (χ3n) is 1.62. The van der Waals surface area contributed by atoms with Gasteiger partial charge in [0.05, 0.1) is 6.10 Å². The predicted molar refractivity (Wildman–Crippen MR) is 44.1 cm³/mol. The van der Waals surface area contributed by atoms with E-state index in [0.29, 0.717) is 0 Å². The van der Waals surface area contributed by atoms with E-state index in [0.717, 1.165) is 11.1 Å². The van der Waals surface area contributed by atoms with Crippen molar-refractivity contribution in [3.05, 3.63) is 42.2 Å². The Labute approximate surface area is 66.2 Å². The number of aryl methyl sites for hydroxylation is 1. The molecular weight excluding hydrogens is 138 g/mol. The summed E-state index contributed by atoms with van der Waals surface area (Å²) in [5.41, 5.74) is 1.86. The van der Waals surface area contributed by atoms with Gasteiger partial charge in [0.1, 0.15) is 0 Å². The van der Waals surface area contributed by atoms with Crippen molar-refractivity contribution in [3.8, 4) is 0 Å². The van der Waals surface area contributed by atoms with Gasteiger partial charge in [-0.25, -0.2) is 0 Å². The van der Waals surface area contributed by atoms with Crippen LogP contribution >= 0.6 is 0 Å². The summed E-state index contributed by atoms with van der Waals surface area (Å²) in [6.07, 6.45) is 4.25. The Kier molecular flexibility index (Phi) is 2.39. The van der Waals surface area contributed by atoms with Crippen LogP contribution in [0.2, 0.25) is 0 Å². The van der Waals surface area contributed by atoms with Crippen molar-refractivity contribution in [2.24, 2.45) is 0 Å². The molecule has 1 unspecified atom stereocenters. The highest BCUT2D eigenvalue weighted by Crippen LogP contribution is 2.15. The standard InChI is InChI=1S/C9H11NO/c1-3-9(11)8-6-10-5-4-7(8)2/h3-6,9,11H,1H2,2H3. The van der Waals surface area contributed by atoms with Crippen molar-refractivity contribution in [2.45, 2.75) is 13.0 Å². The van der Waals surface area contributed by atoms with Crippen LogP contribution in [0.15, 0.2) is 31.1 Å². The van der Waals surface area contributed by atoms with Gasteiger partial charge in [-0.1, -0.05) is 6.08 Å². The van der Waals surface area contributed by atoms with Gasteiger partial charge in [-0.15, -0.1) is 6.58 Å². The highest BCUT2D eigenvalue weighted by molar-refractivity contribution is 5.25. The van der Waals surface area contributed by atoms with Crippen LogP contribution in [0.4, 0.5) is 0 Å². The second-order valence-corrected chi connectivity index (χ2v) is 2.41. The predicted octanol–water partition coefficient (Wildman–Crippen LogP) is 1.61. The second-order valence-electron chi connectivity index (χ2n) is 2.41. The van der Waals surface area contributed by atoms with Gasteiger partial charge < -0.3 is 5.11 Å². The monoisotopic (exact) mass is 149 g/mol. The molecule has 0 bridgehead atoms. The molecule has 0 aliphatic heterocycles. The van der Waals surface area contributed by atoms with Crippen LogP contribution < -0.4 is 0 Å². The van der Waals surface area contributed by atoms with Gasteiger partial charge in [-0.3, -0.25) is 4.98 Å². The van der Waals surface area contributed by atoms with Crippen LogP contribution in [-0.4, -0.2) is 10.1 Å². The van der Waals surface area contributed by atoms with E-state index in [9.17, 15) is 5.11 Å². The van der Waals surface area contributed by atoms with Crippen LogP contribution in [0.5, 0.6) is 0 Å². The van der Waals surface area contributed by atoms with Crippen LogP contribution in [-0.2, 0) is 0 Å². The Morgan fingerprint density at radius 1 is 1.73 bits per heavy atom. The summed E-state index contributed by atoms with van der Waals surface area (Å²) in [5.74, 6) is 0. The maximum absolute atomic E-state index is 9.35. The first-order valence-electron chi connectivity index (χ1n) is 3.47. The molecule has 1 rings (SSSR count). The number of aromatic nitrogens is 1. The van der Waals surface area contributed by atoms with E-state index >= 15 is 0 Å². The number of aliphatic hydroxyl groups excluding tert-OH is 1. The Balaban J connectivity index is 3.02. The van der Waals surface area contributed by atoms with Crippen molar-refractivity contribution in [3.63, 3.8) is 0 Å². The van der Waals surface area contributed by atoms with Gasteiger partial charge in [-0.05, 0) is 18.6 Å². The number of hydrogen-bond acceptors (Lipinski definition) is 2. The number of aliphatic hydroxyl groups is 1. The van der Waals surface area contributed by atoms with Crippen LogP contribution in [0.1, 0.15) is 17.2 Å². The minimum atomic E-state index is -0.594. The maximum Gasteiger partial charge on any atom is 0.0986 e. The van der Waals surface area contributed by atoms with Gasteiger partial charge in [-0.2, -0.15) is 0 Å². The van der Waals surface area contributed by atoms with Crippen molar-refractivity contribution in [1.82, 2.24) is 4.98 Å². The molecule has 1 aromatic rings. The SMILES string of the molecule is C=CC(O)c1cnccc1C. The molecule has 11 heavy (non-hydrogen) atoms. The van der Waals surface area contributed by atoms with Crippen molar-refractivity contribution >= 4 is 0 Å². The minimum Gasteiger partial charge on any atom is -0.384 e. The highest BCUT2D eigenvalue weighted by Gasteiger charge is 2.04. The third kappa shape index (κ3) is 1.65. The summed E-state index contributed by atoms with van der Waals surface area (Å²) in [7, 11) is 0. The van der Waals surface area contributed by atoms with Crippen LogP contribution in [0, 0.1) is 6.92 Å². The Morgan fingerprint density at radius 2 is 2.45 bits per heavy atom. The fourth-order valence-electron chi connectivity index (χ4n) is 0.913. The van der Waals surface area contributed by atoms with E-state index in [-0.39, 0.29) is 0 Å². The number of rotatable bonds is 2. The van der Waals surface area contributed by atoms with Crippen LogP contribution in [0.25, 0.3) is 0 Å². The van der Waals surface area contributed by atoms with E-state index in [1.54, 1.807) is 12.4 Å². The van der Waals surface area contributed by atoms with Gasteiger partial charge in [0, 0.05) is 18.0 Å². The van der Waals surface area contributed by atoms with Crippen molar-refractivity contribution in [2.75, 3.05) is 0 Å². The summed E-state index contributed by atoms with van der Waals surface area (Å²) < 4.78 is 0. The Bertz CT molecular complexity index is 257.